The first-order valence-corrected chi connectivity index (χ1v) is 6.51. The van der Waals surface area contributed by atoms with E-state index in [0.29, 0.717) is 5.41 Å². The topological polar surface area (TPSA) is 26.8 Å². The number of urea groups is 1. The van der Waals surface area contributed by atoms with Gasteiger partial charge in [0.25, 0.3) is 0 Å². The van der Waals surface area contributed by atoms with Crippen LogP contribution in [0.4, 0.5) is 4.79 Å². The zero-order valence-corrected chi connectivity index (χ0v) is 12.0. The Morgan fingerprint density at radius 2 is 1.71 bits per heavy atom. The number of rotatable bonds is 3. The van der Waals surface area contributed by atoms with Gasteiger partial charge in [0.15, 0.2) is 0 Å². The number of hydrogen-bond donors (Lipinski definition) is 0. The summed E-state index contributed by atoms with van der Waals surface area (Å²) in [6.45, 7) is 5.21. The van der Waals surface area contributed by atoms with E-state index in [1.54, 1.807) is 4.90 Å². The summed E-state index contributed by atoms with van der Waals surface area (Å²) in [4.78, 5) is 17.8. The van der Waals surface area contributed by atoms with E-state index in [9.17, 15) is 4.79 Å². The molecule has 0 atom stereocenters. The smallest absolute Gasteiger partial charge is 0.319 e. The second-order valence-electron chi connectivity index (χ2n) is 5.76. The molecule has 1 saturated heterocycles. The molecule has 0 unspecified atom stereocenters. The number of carbonyl (C=O) groups excluding carboxylic acids is 1. The standard InChI is InChI=1S/C13H27N3O/c1-6-13(11-14(2)3)7-9-16(10-8-13)12(17)15(4)5/h6-11H2,1-5H3. The van der Waals surface area contributed by atoms with Crippen LogP contribution >= 0.6 is 0 Å². The van der Waals surface area contributed by atoms with E-state index in [4.69, 9.17) is 0 Å². The molecule has 0 radical (unpaired) electrons. The van der Waals surface area contributed by atoms with Crippen molar-refractivity contribution in [2.24, 2.45) is 5.41 Å². The molecule has 4 nitrogen and oxygen atoms in total. The molecule has 0 bridgehead atoms. The van der Waals surface area contributed by atoms with Gasteiger partial charge in [0.05, 0.1) is 0 Å². The molecular weight excluding hydrogens is 214 g/mol. The van der Waals surface area contributed by atoms with Gasteiger partial charge in [0, 0.05) is 33.7 Å². The van der Waals surface area contributed by atoms with Crippen molar-refractivity contribution in [3.05, 3.63) is 0 Å². The first-order chi connectivity index (χ1) is 7.90. The number of hydrogen-bond acceptors (Lipinski definition) is 2. The fraction of sp³-hybridized carbons (Fsp3) is 0.923. The Morgan fingerprint density at radius 1 is 1.18 bits per heavy atom. The first-order valence-electron chi connectivity index (χ1n) is 6.51. The van der Waals surface area contributed by atoms with E-state index >= 15 is 0 Å². The molecule has 0 saturated carbocycles. The number of nitrogens with zero attached hydrogens (tertiary/aromatic N) is 3. The molecule has 1 fully saturated rings. The van der Waals surface area contributed by atoms with Gasteiger partial charge in [-0.05, 0) is 38.8 Å². The van der Waals surface area contributed by atoms with Crippen LogP contribution in [0.15, 0.2) is 0 Å². The van der Waals surface area contributed by atoms with Crippen LogP contribution in [0, 0.1) is 5.41 Å². The van der Waals surface area contributed by atoms with Gasteiger partial charge in [-0.3, -0.25) is 0 Å². The molecule has 4 heteroatoms. The van der Waals surface area contributed by atoms with Crippen molar-refractivity contribution in [3.63, 3.8) is 0 Å². The maximum absolute atomic E-state index is 11.9. The monoisotopic (exact) mass is 241 g/mol. The molecule has 0 aliphatic carbocycles. The van der Waals surface area contributed by atoms with Crippen molar-refractivity contribution < 1.29 is 4.79 Å². The fourth-order valence-electron chi connectivity index (χ4n) is 2.75. The van der Waals surface area contributed by atoms with Crippen LogP contribution in [-0.4, -0.2) is 68.6 Å². The Labute approximate surface area is 106 Å². The number of carbonyl (C=O) groups is 1. The van der Waals surface area contributed by atoms with Gasteiger partial charge in [-0.15, -0.1) is 0 Å². The zero-order valence-electron chi connectivity index (χ0n) is 12.0. The summed E-state index contributed by atoms with van der Waals surface area (Å²) in [5.74, 6) is 0. The Morgan fingerprint density at radius 3 is 2.06 bits per heavy atom. The van der Waals surface area contributed by atoms with E-state index in [2.05, 4.69) is 25.9 Å². The number of amides is 2. The SMILES string of the molecule is CCC1(CN(C)C)CCN(C(=O)N(C)C)CC1. The fourth-order valence-corrected chi connectivity index (χ4v) is 2.75. The Hall–Kier alpha value is -0.770. The summed E-state index contributed by atoms with van der Waals surface area (Å²) in [5, 5.41) is 0. The maximum Gasteiger partial charge on any atom is 0.319 e. The minimum atomic E-state index is 0.152. The highest BCUT2D eigenvalue weighted by molar-refractivity contribution is 5.73. The minimum Gasteiger partial charge on any atom is -0.331 e. The lowest BCUT2D eigenvalue weighted by molar-refractivity contribution is 0.0784. The van der Waals surface area contributed by atoms with Crippen molar-refractivity contribution in [3.8, 4) is 0 Å². The van der Waals surface area contributed by atoms with Gasteiger partial charge in [0.2, 0.25) is 0 Å². The van der Waals surface area contributed by atoms with E-state index < -0.39 is 0 Å². The van der Waals surface area contributed by atoms with Crippen LogP contribution in [-0.2, 0) is 0 Å². The average Bonchev–Trinajstić information content (AvgIpc) is 2.28. The highest BCUT2D eigenvalue weighted by atomic mass is 16.2. The van der Waals surface area contributed by atoms with Crippen molar-refractivity contribution in [2.45, 2.75) is 26.2 Å². The van der Waals surface area contributed by atoms with Gasteiger partial charge >= 0.3 is 6.03 Å². The van der Waals surface area contributed by atoms with Crippen LogP contribution < -0.4 is 0 Å². The lowest BCUT2D eigenvalue weighted by atomic mass is 9.76. The van der Waals surface area contributed by atoms with Crippen LogP contribution in [0.1, 0.15) is 26.2 Å². The highest BCUT2D eigenvalue weighted by Crippen LogP contribution is 2.35. The van der Waals surface area contributed by atoms with E-state index in [-0.39, 0.29) is 6.03 Å². The van der Waals surface area contributed by atoms with Gasteiger partial charge in [-0.2, -0.15) is 0 Å². The average molecular weight is 241 g/mol. The van der Waals surface area contributed by atoms with Crippen molar-refractivity contribution in [1.82, 2.24) is 14.7 Å². The van der Waals surface area contributed by atoms with Gasteiger partial charge in [-0.1, -0.05) is 6.92 Å². The Balaban J connectivity index is 2.56. The normalized spacial score (nSPS) is 19.5. The van der Waals surface area contributed by atoms with Crippen LogP contribution in [0.3, 0.4) is 0 Å². The van der Waals surface area contributed by atoms with Crippen molar-refractivity contribution in [2.75, 3.05) is 47.8 Å². The predicted molar refractivity (Wildman–Crippen MR) is 71.2 cm³/mol. The van der Waals surface area contributed by atoms with Crippen molar-refractivity contribution in [1.29, 1.82) is 0 Å². The molecule has 1 rings (SSSR count). The summed E-state index contributed by atoms with van der Waals surface area (Å²) in [6, 6.07) is 0.152. The Bertz CT molecular complexity index is 255. The maximum atomic E-state index is 11.9. The quantitative estimate of drug-likeness (QED) is 0.752. The van der Waals surface area contributed by atoms with Crippen LogP contribution in [0.5, 0.6) is 0 Å². The molecule has 0 aromatic rings. The number of piperidine rings is 1. The molecular formula is C13H27N3O. The predicted octanol–water partition coefficient (Wildman–Crippen LogP) is 1.72. The van der Waals surface area contributed by atoms with Gasteiger partial charge in [-0.25, -0.2) is 4.79 Å². The minimum absolute atomic E-state index is 0.152. The molecule has 100 valence electrons. The summed E-state index contributed by atoms with van der Waals surface area (Å²) in [5.41, 5.74) is 0.409. The lowest BCUT2D eigenvalue weighted by Crippen LogP contribution is -2.49. The van der Waals surface area contributed by atoms with Crippen LogP contribution in [0.2, 0.25) is 0 Å². The summed E-state index contributed by atoms with van der Waals surface area (Å²) >= 11 is 0. The first kappa shape index (κ1) is 14.3. The molecule has 1 heterocycles. The summed E-state index contributed by atoms with van der Waals surface area (Å²) in [7, 11) is 7.91. The second-order valence-corrected chi connectivity index (χ2v) is 5.76. The summed E-state index contributed by atoms with van der Waals surface area (Å²) in [6.07, 6.45) is 3.46. The van der Waals surface area contributed by atoms with Crippen LogP contribution in [0.25, 0.3) is 0 Å². The van der Waals surface area contributed by atoms with E-state index in [1.165, 1.54) is 6.42 Å². The molecule has 0 N–H and O–H groups in total. The third kappa shape index (κ3) is 3.60. The zero-order chi connectivity index (χ0) is 13.1. The van der Waals surface area contributed by atoms with E-state index in [1.807, 2.05) is 19.0 Å². The van der Waals surface area contributed by atoms with Crippen molar-refractivity contribution >= 4 is 6.03 Å². The summed E-state index contributed by atoms with van der Waals surface area (Å²) < 4.78 is 0. The molecule has 17 heavy (non-hydrogen) atoms. The van der Waals surface area contributed by atoms with Gasteiger partial charge in [0.1, 0.15) is 0 Å². The van der Waals surface area contributed by atoms with Gasteiger partial charge < -0.3 is 14.7 Å². The number of likely N-dealkylation sites (tertiary alicyclic amines) is 1. The molecule has 0 spiro atoms. The largest absolute Gasteiger partial charge is 0.331 e. The third-order valence-corrected chi connectivity index (χ3v) is 3.88. The third-order valence-electron chi connectivity index (χ3n) is 3.88. The molecule has 1 aliphatic heterocycles. The Kier molecular flexibility index (Phi) is 4.80. The molecule has 2 amide bonds. The second kappa shape index (κ2) is 5.71. The van der Waals surface area contributed by atoms with E-state index in [0.717, 1.165) is 32.5 Å². The highest BCUT2D eigenvalue weighted by Gasteiger charge is 2.35. The molecule has 0 aromatic heterocycles. The lowest BCUT2D eigenvalue weighted by Gasteiger charge is -2.43. The molecule has 1 aliphatic rings. The molecule has 0 aromatic carbocycles.